The molecule has 0 radical (unpaired) electrons. The molecule has 0 bridgehead atoms. The van der Waals surface area contributed by atoms with Crippen LogP contribution in [0.15, 0.2) is 52.2 Å². The number of hydrogen-bond acceptors (Lipinski definition) is 9. The van der Waals surface area contributed by atoms with E-state index in [2.05, 4.69) is 5.09 Å². The summed E-state index contributed by atoms with van der Waals surface area (Å²) in [6.07, 6.45) is -4.21. The van der Waals surface area contributed by atoms with Gasteiger partial charge in [0.15, 0.2) is 11.9 Å². The van der Waals surface area contributed by atoms with Crippen molar-refractivity contribution in [3.05, 3.63) is 63.4 Å². The van der Waals surface area contributed by atoms with Gasteiger partial charge in [-0.1, -0.05) is 18.2 Å². The van der Waals surface area contributed by atoms with Crippen LogP contribution in [0.1, 0.15) is 33.9 Å². The zero-order valence-corrected chi connectivity index (χ0v) is 21.0. The molecule has 36 heavy (non-hydrogen) atoms. The number of aliphatic hydroxyl groups excluding tert-OH is 1. The number of nitrogens with one attached hydrogen (secondary N) is 2. The van der Waals surface area contributed by atoms with Gasteiger partial charge in [-0.05, 0) is 39.8 Å². The van der Waals surface area contributed by atoms with Crippen LogP contribution in [0.4, 0.5) is 4.39 Å². The summed E-state index contributed by atoms with van der Waals surface area (Å²) in [6.45, 7) is 5.07. The molecule has 198 valence electrons. The van der Waals surface area contributed by atoms with Gasteiger partial charge in [-0.25, -0.2) is 13.8 Å². The van der Waals surface area contributed by atoms with Crippen molar-refractivity contribution in [1.29, 1.82) is 0 Å². The maximum absolute atomic E-state index is 15.4. The molecular weight excluding hydrogens is 500 g/mol. The minimum absolute atomic E-state index is 0.152. The second kappa shape index (κ2) is 11.1. The van der Waals surface area contributed by atoms with Crippen LogP contribution in [-0.2, 0) is 23.4 Å². The largest absolute Gasteiger partial charge is 0.462 e. The average Bonchev–Trinajstić information content (AvgIpc) is 3.01. The summed E-state index contributed by atoms with van der Waals surface area (Å²) in [4.78, 5) is 37.7. The van der Waals surface area contributed by atoms with Gasteiger partial charge in [0.1, 0.15) is 24.0 Å². The summed E-state index contributed by atoms with van der Waals surface area (Å²) < 4.78 is 51.4. The Labute approximate surface area is 205 Å². The highest BCUT2D eigenvalue weighted by Gasteiger charge is 2.55. The molecule has 1 aliphatic rings. The quantitative estimate of drug-likeness (QED) is 0.305. The molecule has 2 heterocycles. The van der Waals surface area contributed by atoms with Crippen LogP contribution in [-0.4, -0.2) is 57.3 Å². The van der Waals surface area contributed by atoms with E-state index in [4.69, 9.17) is 18.5 Å². The van der Waals surface area contributed by atoms with Crippen molar-refractivity contribution in [3.63, 3.8) is 0 Å². The molecule has 1 fully saturated rings. The second-order valence-corrected chi connectivity index (χ2v) is 10.4. The molecule has 1 saturated heterocycles. The minimum atomic E-state index is -4.30. The Bertz CT molecular complexity index is 1220. The first kappa shape index (κ1) is 27.8. The number of esters is 1. The molecular formula is C22H29FN3O9P. The average molecular weight is 529 g/mol. The van der Waals surface area contributed by atoms with Crippen molar-refractivity contribution in [3.8, 4) is 5.75 Å². The van der Waals surface area contributed by atoms with E-state index in [1.54, 1.807) is 32.0 Å². The minimum Gasteiger partial charge on any atom is -0.462 e. The summed E-state index contributed by atoms with van der Waals surface area (Å²) in [5, 5.41) is 13.0. The third-order valence-corrected chi connectivity index (χ3v) is 6.90. The molecule has 3 N–H and O–H groups in total. The third-order valence-electron chi connectivity index (χ3n) is 5.26. The fraction of sp³-hybridized carbons (Fsp3) is 0.500. The standard InChI is InChI=1S/C22H29FN3O9P/c1-13(2)33-19(29)14(3)25-36(31,35-15-8-6-5-7-9-15)32-12-16-18(28)22(4,23)20(34-16)26-11-10-17(27)24-21(26)30/h5-11,13-14,16,18,20,28H,12H2,1-4H3,(H,25,31)(H,24,27,30)/t14?,16-,18-,20+,22+,36?/m0/s1. The Hall–Kier alpha value is -2.83. The van der Waals surface area contributed by atoms with Gasteiger partial charge in [-0.2, -0.15) is 5.09 Å². The zero-order valence-electron chi connectivity index (χ0n) is 20.1. The van der Waals surface area contributed by atoms with Crippen molar-refractivity contribution in [2.75, 3.05) is 6.61 Å². The van der Waals surface area contributed by atoms with E-state index in [0.717, 1.165) is 23.8 Å². The fourth-order valence-electron chi connectivity index (χ4n) is 3.47. The maximum Gasteiger partial charge on any atom is 0.459 e. The summed E-state index contributed by atoms with van der Waals surface area (Å²) in [5.74, 6) is -0.560. The van der Waals surface area contributed by atoms with Gasteiger partial charge in [0.25, 0.3) is 5.56 Å². The lowest BCUT2D eigenvalue weighted by Crippen LogP contribution is -2.43. The SMILES string of the molecule is CC(C)OC(=O)C(C)NP(=O)(OC[C@@H]1O[C@@H](n2ccc(=O)[nH]c2=O)[C@](C)(F)[C@H]1O)Oc1ccccc1. The van der Waals surface area contributed by atoms with Crippen LogP contribution in [0.3, 0.4) is 0 Å². The van der Waals surface area contributed by atoms with Crippen molar-refractivity contribution < 1.29 is 37.4 Å². The molecule has 0 aliphatic carbocycles. The van der Waals surface area contributed by atoms with Gasteiger partial charge >= 0.3 is 19.4 Å². The molecule has 12 nitrogen and oxygen atoms in total. The summed E-state index contributed by atoms with van der Waals surface area (Å²) in [7, 11) is -4.30. The highest BCUT2D eigenvalue weighted by atomic mass is 31.2. The summed E-state index contributed by atoms with van der Waals surface area (Å²) >= 11 is 0. The molecule has 1 aliphatic heterocycles. The summed E-state index contributed by atoms with van der Waals surface area (Å²) in [6, 6.07) is 7.86. The molecule has 6 atom stereocenters. The van der Waals surface area contributed by atoms with Crippen molar-refractivity contribution in [2.45, 2.75) is 63.9 Å². The predicted molar refractivity (Wildman–Crippen MR) is 125 cm³/mol. The van der Waals surface area contributed by atoms with Crippen molar-refractivity contribution in [2.24, 2.45) is 0 Å². The van der Waals surface area contributed by atoms with Crippen LogP contribution in [0.5, 0.6) is 5.75 Å². The monoisotopic (exact) mass is 529 g/mol. The van der Waals surface area contributed by atoms with Gasteiger partial charge in [-0.3, -0.25) is 23.7 Å². The molecule has 0 amide bonds. The molecule has 2 aromatic rings. The number of aliphatic hydroxyl groups is 1. The lowest BCUT2D eigenvalue weighted by atomic mass is 9.98. The Kier molecular flexibility index (Phi) is 8.52. The normalized spacial score (nSPS) is 26.4. The smallest absolute Gasteiger partial charge is 0.459 e. The number of aromatic nitrogens is 2. The predicted octanol–water partition coefficient (Wildman–Crippen LogP) is 1.66. The number of para-hydroxylation sites is 1. The topological polar surface area (TPSA) is 158 Å². The first-order valence-electron chi connectivity index (χ1n) is 11.1. The number of carbonyl (C=O) groups is 1. The second-order valence-electron chi connectivity index (χ2n) is 8.67. The van der Waals surface area contributed by atoms with E-state index in [1.807, 2.05) is 4.98 Å². The van der Waals surface area contributed by atoms with Gasteiger partial charge in [0.2, 0.25) is 0 Å². The van der Waals surface area contributed by atoms with Gasteiger partial charge in [0.05, 0.1) is 12.7 Å². The van der Waals surface area contributed by atoms with E-state index >= 15 is 4.39 Å². The number of nitrogens with zero attached hydrogens (tertiary/aromatic N) is 1. The number of aromatic amines is 1. The number of ether oxygens (including phenoxy) is 2. The number of carbonyl (C=O) groups excluding carboxylic acids is 1. The van der Waals surface area contributed by atoms with E-state index in [9.17, 15) is 24.1 Å². The molecule has 3 rings (SSSR count). The number of alkyl halides is 1. The van der Waals surface area contributed by atoms with Crippen LogP contribution in [0.2, 0.25) is 0 Å². The maximum atomic E-state index is 15.4. The lowest BCUT2D eigenvalue weighted by Gasteiger charge is -2.25. The highest BCUT2D eigenvalue weighted by molar-refractivity contribution is 7.52. The number of benzene rings is 1. The van der Waals surface area contributed by atoms with Crippen molar-refractivity contribution >= 4 is 13.7 Å². The molecule has 14 heteroatoms. The van der Waals surface area contributed by atoms with E-state index in [1.165, 1.54) is 19.1 Å². The van der Waals surface area contributed by atoms with Gasteiger partial charge in [0, 0.05) is 12.3 Å². The first-order chi connectivity index (χ1) is 16.8. The lowest BCUT2D eigenvalue weighted by molar-refractivity contribution is -0.149. The zero-order chi connectivity index (χ0) is 26.7. The Morgan fingerprint density at radius 2 is 1.94 bits per heavy atom. The first-order valence-corrected chi connectivity index (χ1v) is 12.7. The Morgan fingerprint density at radius 3 is 2.56 bits per heavy atom. The molecule has 1 aromatic heterocycles. The van der Waals surface area contributed by atoms with Crippen LogP contribution in [0, 0.1) is 0 Å². The Morgan fingerprint density at radius 1 is 1.28 bits per heavy atom. The molecule has 2 unspecified atom stereocenters. The van der Waals surface area contributed by atoms with Crippen LogP contribution in [0.25, 0.3) is 0 Å². The van der Waals surface area contributed by atoms with Crippen LogP contribution < -0.4 is 20.9 Å². The molecule has 0 saturated carbocycles. The molecule has 1 aromatic carbocycles. The summed E-state index contributed by atoms with van der Waals surface area (Å²) in [5.41, 5.74) is -4.12. The number of halogens is 1. The number of hydrogen-bond donors (Lipinski definition) is 3. The van der Waals surface area contributed by atoms with Crippen LogP contribution >= 0.6 is 7.75 Å². The fourth-order valence-corrected chi connectivity index (χ4v) is 4.97. The Balaban J connectivity index is 1.80. The van der Waals surface area contributed by atoms with Crippen molar-refractivity contribution in [1.82, 2.24) is 14.6 Å². The molecule has 0 spiro atoms. The number of rotatable bonds is 10. The van der Waals surface area contributed by atoms with E-state index < -0.39 is 67.8 Å². The third kappa shape index (κ3) is 6.48. The van der Waals surface area contributed by atoms with E-state index in [0.29, 0.717) is 0 Å². The number of H-pyrrole nitrogens is 1. The van der Waals surface area contributed by atoms with E-state index in [-0.39, 0.29) is 5.75 Å². The van der Waals surface area contributed by atoms with Gasteiger partial charge in [-0.15, -0.1) is 0 Å². The highest BCUT2D eigenvalue weighted by Crippen LogP contribution is 2.47. The van der Waals surface area contributed by atoms with Gasteiger partial charge < -0.3 is 19.1 Å².